The second-order valence-electron chi connectivity index (χ2n) is 2.81. The first-order valence-corrected chi connectivity index (χ1v) is 4.40. The Kier molecular flexibility index (Phi) is 7.96. The molecule has 2 heteroatoms. The molecule has 11 heavy (non-hydrogen) atoms. The minimum absolute atomic E-state index is 0.443. The first-order valence-electron chi connectivity index (χ1n) is 4.40. The zero-order chi connectivity index (χ0) is 8.53. The molecule has 0 aliphatic carbocycles. The van der Waals surface area contributed by atoms with Gasteiger partial charge in [-0.3, -0.25) is 0 Å². The molecule has 0 spiro atoms. The molecule has 0 rings (SSSR count). The number of aliphatic hydroxyl groups excluding tert-OH is 1. The zero-order valence-corrected chi connectivity index (χ0v) is 7.55. The average Bonchev–Trinajstić information content (AvgIpc) is 1.96. The van der Waals surface area contributed by atoms with Crippen LogP contribution in [0.25, 0.3) is 0 Å². The number of aliphatic hydroxyl groups is 1. The topological polar surface area (TPSA) is 29.5 Å². The van der Waals surface area contributed by atoms with E-state index in [1.165, 1.54) is 25.9 Å². The van der Waals surface area contributed by atoms with E-state index in [1.54, 1.807) is 6.92 Å². The molecule has 0 aliphatic rings. The van der Waals surface area contributed by atoms with Crippen LogP contribution in [0.2, 0.25) is 0 Å². The van der Waals surface area contributed by atoms with E-state index in [2.05, 4.69) is 6.92 Å². The van der Waals surface area contributed by atoms with Gasteiger partial charge in [0.15, 0.2) is 0 Å². The highest BCUT2D eigenvalue weighted by Crippen LogP contribution is 2.00. The second-order valence-corrected chi connectivity index (χ2v) is 2.81. The Morgan fingerprint density at radius 1 is 1.36 bits per heavy atom. The van der Waals surface area contributed by atoms with Crippen LogP contribution in [0.15, 0.2) is 0 Å². The van der Waals surface area contributed by atoms with Crippen LogP contribution in [0.1, 0.15) is 39.5 Å². The standard InChI is InChI=1S/C9H19O2/c1-3-4-5-6-7-11-8-9(2)10/h8-10H,3-7H2,1-2H3. The lowest BCUT2D eigenvalue weighted by molar-refractivity contribution is 0.1000. The van der Waals surface area contributed by atoms with Gasteiger partial charge in [-0.2, -0.15) is 0 Å². The second kappa shape index (κ2) is 8.02. The van der Waals surface area contributed by atoms with Gasteiger partial charge in [-0.15, -0.1) is 0 Å². The lowest BCUT2D eigenvalue weighted by atomic mass is 10.2. The smallest absolute Gasteiger partial charge is 0.112 e. The molecule has 2 nitrogen and oxygen atoms in total. The van der Waals surface area contributed by atoms with Crippen molar-refractivity contribution in [1.29, 1.82) is 0 Å². The summed E-state index contributed by atoms with van der Waals surface area (Å²) in [7, 11) is 0. The predicted octanol–water partition coefficient (Wildman–Crippen LogP) is 2.13. The van der Waals surface area contributed by atoms with Crippen molar-refractivity contribution in [3.8, 4) is 0 Å². The third-order valence-electron chi connectivity index (χ3n) is 1.41. The molecule has 0 aromatic carbocycles. The van der Waals surface area contributed by atoms with Gasteiger partial charge >= 0.3 is 0 Å². The first-order chi connectivity index (χ1) is 5.27. The fourth-order valence-corrected chi connectivity index (χ4v) is 0.819. The molecule has 1 N–H and O–H groups in total. The molecular formula is C9H19O2. The predicted molar refractivity (Wildman–Crippen MR) is 46.1 cm³/mol. The maximum absolute atomic E-state index is 8.77. The van der Waals surface area contributed by atoms with Crippen LogP contribution in [0.5, 0.6) is 0 Å². The van der Waals surface area contributed by atoms with Crippen LogP contribution in [0.4, 0.5) is 0 Å². The highest BCUT2D eigenvalue weighted by molar-refractivity contribution is 4.57. The number of ether oxygens (including phenoxy) is 1. The molecule has 67 valence electrons. The Bertz CT molecular complexity index is 72.0. The molecule has 0 heterocycles. The monoisotopic (exact) mass is 159 g/mol. The van der Waals surface area contributed by atoms with Crippen molar-refractivity contribution >= 4 is 0 Å². The SMILES string of the molecule is CCCCCCO[CH]C(C)O. The number of rotatable bonds is 7. The van der Waals surface area contributed by atoms with E-state index >= 15 is 0 Å². The Balaban J connectivity index is 2.80. The molecule has 1 radical (unpaired) electrons. The van der Waals surface area contributed by atoms with Gasteiger partial charge in [0.25, 0.3) is 0 Å². The minimum atomic E-state index is -0.443. The minimum Gasteiger partial charge on any atom is -0.391 e. The van der Waals surface area contributed by atoms with E-state index in [0.717, 1.165) is 13.0 Å². The zero-order valence-electron chi connectivity index (χ0n) is 7.55. The summed E-state index contributed by atoms with van der Waals surface area (Å²) >= 11 is 0. The number of hydrogen-bond donors (Lipinski definition) is 1. The normalized spacial score (nSPS) is 13.4. The van der Waals surface area contributed by atoms with Gasteiger partial charge in [-0.1, -0.05) is 26.2 Å². The van der Waals surface area contributed by atoms with Crippen LogP contribution in [-0.2, 0) is 4.74 Å². The largest absolute Gasteiger partial charge is 0.391 e. The van der Waals surface area contributed by atoms with Crippen LogP contribution in [0, 0.1) is 6.61 Å². The molecule has 0 saturated heterocycles. The van der Waals surface area contributed by atoms with Gasteiger partial charge in [0, 0.05) is 6.61 Å². The van der Waals surface area contributed by atoms with E-state index in [1.807, 2.05) is 0 Å². The van der Waals surface area contributed by atoms with Crippen LogP contribution in [-0.4, -0.2) is 17.8 Å². The van der Waals surface area contributed by atoms with Gasteiger partial charge in [0.05, 0.1) is 6.10 Å². The summed E-state index contributed by atoms with van der Waals surface area (Å²) in [6.07, 6.45) is 4.40. The Labute approximate surface area is 69.6 Å². The molecule has 0 bridgehead atoms. The van der Waals surface area contributed by atoms with Crippen molar-refractivity contribution < 1.29 is 9.84 Å². The number of unbranched alkanes of at least 4 members (excludes halogenated alkanes) is 3. The molecule has 0 aromatic heterocycles. The van der Waals surface area contributed by atoms with Crippen LogP contribution >= 0.6 is 0 Å². The van der Waals surface area contributed by atoms with Gasteiger partial charge in [0.1, 0.15) is 6.61 Å². The van der Waals surface area contributed by atoms with Gasteiger partial charge in [-0.25, -0.2) is 0 Å². The average molecular weight is 159 g/mol. The summed E-state index contributed by atoms with van der Waals surface area (Å²) in [6.45, 7) is 6.09. The van der Waals surface area contributed by atoms with E-state index in [0.29, 0.717) is 0 Å². The van der Waals surface area contributed by atoms with Gasteiger partial charge < -0.3 is 9.84 Å². The first kappa shape index (κ1) is 10.9. The van der Waals surface area contributed by atoms with Gasteiger partial charge in [0.2, 0.25) is 0 Å². The summed E-state index contributed by atoms with van der Waals surface area (Å²) in [5, 5.41) is 8.77. The molecule has 0 aromatic rings. The van der Waals surface area contributed by atoms with Crippen molar-refractivity contribution in [1.82, 2.24) is 0 Å². The van der Waals surface area contributed by atoms with Crippen LogP contribution < -0.4 is 0 Å². The Morgan fingerprint density at radius 2 is 2.09 bits per heavy atom. The lowest BCUT2D eigenvalue weighted by Crippen LogP contribution is -2.04. The number of hydrogen-bond acceptors (Lipinski definition) is 2. The van der Waals surface area contributed by atoms with E-state index in [9.17, 15) is 0 Å². The van der Waals surface area contributed by atoms with Crippen molar-refractivity contribution in [3.05, 3.63) is 6.61 Å². The third kappa shape index (κ3) is 9.92. The quantitative estimate of drug-likeness (QED) is 0.577. The maximum atomic E-state index is 8.77. The van der Waals surface area contributed by atoms with Crippen LogP contribution in [0.3, 0.4) is 0 Å². The summed E-state index contributed by atoms with van der Waals surface area (Å²) in [4.78, 5) is 0. The fraction of sp³-hybridized carbons (Fsp3) is 0.889. The summed E-state index contributed by atoms with van der Waals surface area (Å²) in [5.41, 5.74) is 0. The summed E-state index contributed by atoms with van der Waals surface area (Å²) in [6, 6.07) is 0. The van der Waals surface area contributed by atoms with E-state index < -0.39 is 6.10 Å². The highest BCUT2D eigenvalue weighted by atomic mass is 16.5. The Morgan fingerprint density at radius 3 is 2.64 bits per heavy atom. The summed E-state index contributed by atoms with van der Waals surface area (Å²) in [5.74, 6) is 0. The molecule has 0 amide bonds. The Hall–Kier alpha value is -0.0800. The van der Waals surface area contributed by atoms with Gasteiger partial charge in [-0.05, 0) is 13.3 Å². The molecule has 1 unspecified atom stereocenters. The lowest BCUT2D eigenvalue weighted by Gasteiger charge is -2.04. The molecular weight excluding hydrogens is 140 g/mol. The van der Waals surface area contributed by atoms with Crippen molar-refractivity contribution in [3.63, 3.8) is 0 Å². The molecule has 0 saturated carbocycles. The van der Waals surface area contributed by atoms with Crippen molar-refractivity contribution in [2.45, 2.75) is 45.6 Å². The third-order valence-corrected chi connectivity index (χ3v) is 1.41. The molecule has 1 atom stereocenters. The fourth-order valence-electron chi connectivity index (χ4n) is 0.819. The maximum Gasteiger partial charge on any atom is 0.112 e. The molecule has 0 aliphatic heterocycles. The van der Waals surface area contributed by atoms with Crippen molar-refractivity contribution in [2.75, 3.05) is 6.61 Å². The van der Waals surface area contributed by atoms with E-state index in [-0.39, 0.29) is 0 Å². The highest BCUT2D eigenvalue weighted by Gasteiger charge is 1.95. The van der Waals surface area contributed by atoms with Crippen molar-refractivity contribution in [2.24, 2.45) is 0 Å². The molecule has 0 fully saturated rings. The van der Waals surface area contributed by atoms with E-state index in [4.69, 9.17) is 9.84 Å². The summed E-state index contributed by atoms with van der Waals surface area (Å²) < 4.78 is 5.07.